The first-order valence-electron chi connectivity index (χ1n) is 7.99. The van der Waals surface area contributed by atoms with Gasteiger partial charge in [0.15, 0.2) is 5.76 Å². The van der Waals surface area contributed by atoms with E-state index in [2.05, 4.69) is 6.92 Å². The molecule has 0 saturated carbocycles. The monoisotopic (exact) mass is 317 g/mol. The molecule has 1 aromatic heterocycles. The van der Waals surface area contributed by atoms with E-state index in [1.807, 2.05) is 12.2 Å². The van der Waals surface area contributed by atoms with E-state index in [-0.39, 0.29) is 17.4 Å². The molecule has 5 heteroatoms. The zero-order chi connectivity index (χ0) is 17.0. The number of unbranched alkanes of at least 4 members (excludes halogenated alkanes) is 3. The molecular formula is C18H23NO4. The van der Waals surface area contributed by atoms with Crippen molar-refractivity contribution in [3.8, 4) is 5.75 Å². The number of allylic oxidation sites excluding steroid dienone is 3. The molecule has 0 bridgehead atoms. The molecule has 23 heavy (non-hydrogen) atoms. The quantitative estimate of drug-likeness (QED) is 0.642. The average Bonchev–Trinajstić information content (AvgIpc) is 2.75. The molecule has 0 fully saturated rings. The van der Waals surface area contributed by atoms with E-state index in [0.717, 1.165) is 12.8 Å². The number of carbonyl (C=O) groups excluding carboxylic acids is 1. The van der Waals surface area contributed by atoms with E-state index < -0.39 is 17.1 Å². The number of rotatable bonds is 6. The Hall–Kier alpha value is -2.30. The van der Waals surface area contributed by atoms with Crippen LogP contribution in [0.1, 0.15) is 67.5 Å². The molecule has 2 heterocycles. The number of hydrogen-bond donors (Lipinski definition) is 1. The van der Waals surface area contributed by atoms with Crippen molar-refractivity contribution in [3.63, 3.8) is 0 Å². The van der Waals surface area contributed by atoms with E-state index in [9.17, 15) is 14.7 Å². The van der Waals surface area contributed by atoms with E-state index >= 15 is 0 Å². The Labute approximate surface area is 135 Å². The summed E-state index contributed by atoms with van der Waals surface area (Å²) in [5.74, 6) is -0.535. The van der Waals surface area contributed by atoms with Crippen molar-refractivity contribution in [2.75, 3.05) is 7.05 Å². The highest BCUT2D eigenvalue weighted by Crippen LogP contribution is 2.33. The van der Waals surface area contributed by atoms with E-state index in [1.165, 1.54) is 17.7 Å². The van der Waals surface area contributed by atoms with Crippen LogP contribution in [0.4, 0.5) is 0 Å². The second-order valence-corrected chi connectivity index (χ2v) is 5.76. The fraction of sp³-hybridized carbons (Fsp3) is 0.444. The summed E-state index contributed by atoms with van der Waals surface area (Å²) >= 11 is 0. The van der Waals surface area contributed by atoms with Crippen LogP contribution in [-0.4, -0.2) is 23.0 Å². The van der Waals surface area contributed by atoms with E-state index in [4.69, 9.17) is 4.42 Å². The highest BCUT2D eigenvalue weighted by Gasteiger charge is 2.37. The summed E-state index contributed by atoms with van der Waals surface area (Å²) in [5, 5.41) is 9.97. The van der Waals surface area contributed by atoms with Crippen LogP contribution in [0.5, 0.6) is 5.75 Å². The fourth-order valence-electron chi connectivity index (χ4n) is 2.53. The Morgan fingerprint density at radius 2 is 2.00 bits per heavy atom. The number of nitrogens with zero attached hydrogens (tertiary/aromatic N) is 1. The summed E-state index contributed by atoms with van der Waals surface area (Å²) in [7, 11) is 1.60. The number of amides is 1. The molecule has 1 aliphatic rings. The van der Waals surface area contributed by atoms with Gasteiger partial charge in [0.05, 0.1) is 6.04 Å². The summed E-state index contributed by atoms with van der Waals surface area (Å²) in [6.07, 6.45) is 11.7. The maximum absolute atomic E-state index is 12.2. The molecule has 0 radical (unpaired) electrons. The van der Waals surface area contributed by atoms with Crippen LogP contribution in [0.3, 0.4) is 0 Å². The van der Waals surface area contributed by atoms with Crippen molar-refractivity contribution in [3.05, 3.63) is 45.5 Å². The third-order valence-corrected chi connectivity index (χ3v) is 4.11. The van der Waals surface area contributed by atoms with Gasteiger partial charge in [0.25, 0.3) is 5.91 Å². The summed E-state index contributed by atoms with van der Waals surface area (Å²) < 4.78 is 5.60. The van der Waals surface area contributed by atoms with Gasteiger partial charge in [-0.1, -0.05) is 38.0 Å². The topological polar surface area (TPSA) is 70.7 Å². The fourth-order valence-corrected chi connectivity index (χ4v) is 2.53. The Bertz CT molecular complexity index is 700. The van der Waals surface area contributed by atoms with Crippen LogP contribution in [-0.2, 0) is 0 Å². The molecule has 5 nitrogen and oxygen atoms in total. The minimum absolute atomic E-state index is 0.0650. The number of fused-ring (bicyclic) bond motifs is 1. The second-order valence-electron chi connectivity index (χ2n) is 5.76. The van der Waals surface area contributed by atoms with Crippen LogP contribution in [0, 0.1) is 0 Å². The third-order valence-electron chi connectivity index (χ3n) is 4.11. The molecule has 0 aliphatic carbocycles. The predicted molar refractivity (Wildman–Crippen MR) is 89.5 cm³/mol. The maximum Gasteiger partial charge on any atom is 0.261 e. The second kappa shape index (κ2) is 7.31. The van der Waals surface area contributed by atoms with Gasteiger partial charge in [0.1, 0.15) is 11.3 Å². The van der Waals surface area contributed by atoms with Crippen molar-refractivity contribution in [2.24, 2.45) is 0 Å². The van der Waals surface area contributed by atoms with Crippen LogP contribution >= 0.6 is 0 Å². The first kappa shape index (κ1) is 17.1. The lowest BCUT2D eigenvalue weighted by Gasteiger charge is -2.13. The number of hydrogen-bond acceptors (Lipinski definition) is 4. The molecule has 1 atom stereocenters. The zero-order valence-electron chi connectivity index (χ0n) is 13.8. The molecule has 1 unspecified atom stereocenters. The Morgan fingerprint density at radius 3 is 2.70 bits per heavy atom. The van der Waals surface area contributed by atoms with Crippen LogP contribution in [0.2, 0.25) is 0 Å². The molecular weight excluding hydrogens is 294 g/mol. The molecule has 1 aliphatic heterocycles. The zero-order valence-corrected chi connectivity index (χ0v) is 13.8. The molecule has 2 rings (SSSR count). The lowest BCUT2D eigenvalue weighted by atomic mass is 10.1. The maximum atomic E-state index is 12.2. The van der Waals surface area contributed by atoms with Gasteiger partial charge >= 0.3 is 0 Å². The molecule has 124 valence electrons. The lowest BCUT2D eigenvalue weighted by Crippen LogP contribution is -2.23. The van der Waals surface area contributed by atoms with Crippen molar-refractivity contribution >= 4 is 12.0 Å². The Morgan fingerprint density at radius 1 is 1.26 bits per heavy atom. The van der Waals surface area contributed by atoms with Gasteiger partial charge in [-0.15, -0.1) is 0 Å². The molecule has 0 spiro atoms. The van der Waals surface area contributed by atoms with Crippen LogP contribution in [0.25, 0.3) is 6.08 Å². The molecule has 1 amide bonds. The standard InChI is InChI=1S/C18H23NO4/c1-4-5-6-7-8-9-10-11-13-15(20)16(21)14-17(23-13)12(2)19(3)18(14)22/h8-12,20H,4-7H2,1-3H3/b9-8+,11-10+. The van der Waals surface area contributed by atoms with Crippen LogP contribution < -0.4 is 5.43 Å². The van der Waals surface area contributed by atoms with Gasteiger partial charge in [-0.3, -0.25) is 9.59 Å². The van der Waals surface area contributed by atoms with Crippen molar-refractivity contribution < 1.29 is 14.3 Å². The Balaban J connectivity index is 2.21. The molecule has 0 saturated heterocycles. The van der Waals surface area contributed by atoms with Crippen molar-refractivity contribution in [1.82, 2.24) is 4.90 Å². The van der Waals surface area contributed by atoms with Crippen LogP contribution in [0.15, 0.2) is 27.4 Å². The molecule has 1 aromatic rings. The number of aromatic hydroxyl groups is 1. The third kappa shape index (κ3) is 3.38. The van der Waals surface area contributed by atoms with Gasteiger partial charge in [0, 0.05) is 7.05 Å². The first-order chi connectivity index (χ1) is 11.0. The molecule has 1 N–H and O–H groups in total. The van der Waals surface area contributed by atoms with Gasteiger partial charge < -0.3 is 14.4 Å². The highest BCUT2D eigenvalue weighted by molar-refractivity contribution is 5.98. The SMILES string of the molecule is CCCCC/C=C/C=C/c1oc2c(c(=O)c1O)C(=O)N(C)C2C. The van der Waals surface area contributed by atoms with Crippen molar-refractivity contribution in [1.29, 1.82) is 0 Å². The summed E-state index contributed by atoms with van der Waals surface area (Å²) in [6.45, 7) is 3.94. The summed E-state index contributed by atoms with van der Waals surface area (Å²) in [6, 6.07) is -0.317. The normalized spacial score (nSPS) is 17.6. The Kier molecular flexibility index (Phi) is 5.42. The lowest BCUT2D eigenvalue weighted by molar-refractivity contribution is 0.0779. The molecule has 0 aromatic carbocycles. The smallest absolute Gasteiger partial charge is 0.261 e. The predicted octanol–water partition coefficient (Wildman–Crippen LogP) is 3.64. The summed E-state index contributed by atoms with van der Waals surface area (Å²) in [4.78, 5) is 25.6. The minimum atomic E-state index is -0.668. The number of carbonyl (C=O) groups is 1. The van der Waals surface area contributed by atoms with E-state index in [0.29, 0.717) is 5.76 Å². The first-order valence-corrected chi connectivity index (χ1v) is 7.99. The minimum Gasteiger partial charge on any atom is -0.502 e. The van der Waals surface area contributed by atoms with E-state index in [1.54, 1.807) is 26.1 Å². The van der Waals surface area contributed by atoms with Gasteiger partial charge in [-0.25, -0.2) is 0 Å². The van der Waals surface area contributed by atoms with Gasteiger partial charge in [0.2, 0.25) is 11.2 Å². The van der Waals surface area contributed by atoms with Crippen molar-refractivity contribution in [2.45, 2.75) is 45.6 Å². The average molecular weight is 317 g/mol. The largest absolute Gasteiger partial charge is 0.502 e. The van der Waals surface area contributed by atoms with Gasteiger partial charge in [-0.05, 0) is 25.8 Å². The summed E-state index contributed by atoms with van der Waals surface area (Å²) in [5.41, 5.74) is -0.733. The van der Waals surface area contributed by atoms with Gasteiger partial charge in [-0.2, -0.15) is 0 Å². The highest BCUT2D eigenvalue weighted by atomic mass is 16.4.